The van der Waals surface area contributed by atoms with Gasteiger partial charge in [0.1, 0.15) is 11.5 Å². The van der Waals surface area contributed by atoms with E-state index in [1.54, 1.807) is 12.1 Å². The monoisotopic (exact) mass is 398 g/mol. The number of phenolic OH excluding ortho intramolecular Hbond substituents is 2. The van der Waals surface area contributed by atoms with Crippen molar-refractivity contribution in [3.63, 3.8) is 0 Å². The van der Waals surface area contributed by atoms with E-state index in [2.05, 4.69) is 6.92 Å². The van der Waals surface area contributed by atoms with Crippen LogP contribution in [0.25, 0.3) is 0 Å². The molecule has 0 spiro atoms. The lowest BCUT2D eigenvalue weighted by atomic mass is 9.92. The van der Waals surface area contributed by atoms with Crippen molar-refractivity contribution in [2.75, 3.05) is 0 Å². The van der Waals surface area contributed by atoms with Crippen LogP contribution in [0, 0.1) is 0 Å². The number of hydrogen-bond acceptors (Lipinski definition) is 4. The summed E-state index contributed by atoms with van der Waals surface area (Å²) in [5.41, 5.74) is 1.94. The van der Waals surface area contributed by atoms with Crippen molar-refractivity contribution < 1.29 is 19.7 Å². The third kappa shape index (κ3) is 4.39. The number of aromatic hydroxyl groups is 2. The van der Waals surface area contributed by atoms with Gasteiger partial charge >= 0.3 is 0 Å². The van der Waals surface area contributed by atoms with Gasteiger partial charge in [0.05, 0.1) is 0 Å². The predicted octanol–water partition coefficient (Wildman–Crippen LogP) is 6.83. The highest BCUT2D eigenvalue weighted by Gasteiger charge is 2.15. The van der Waals surface area contributed by atoms with Gasteiger partial charge in [-0.1, -0.05) is 55.5 Å². The maximum absolute atomic E-state index is 10.2. The summed E-state index contributed by atoms with van der Waals surface area (Å²) in [7, 11) is 0. The normalized spacial score (nSPS) is 10.7. The first kappa shape index (κ1) is 19.4. The smallest absolute Gasteiger partial charge is 0.169 e. The quantitative estimate of drug-likeness (QED) is 0.373. The minimum Gasteiger partial charge on any atom is -0.504 e. The lowest BCUT2D eigenvalue weighted by molar-refractivity contribution is 0.409. The minimum atomic E-state index is -0.0116. The summed E-state index contributed by atoms with van der Waals surface area (Å²) in [6, 6.07) is 29.3. The van der Waals surface area contributed by atoms with E-state index >= 15 is 0 Å². The van der Waals surface area contributed by atoms with Gasteiger partial charge in [-0.3, -0.25) is 0 Å². The molecule has 0 bridgehead atoms. The largest absolute Gasteiger partial charge is 0.504 e. The highest BCUT2D eigenvalue weighted by molar-refractivity contribution is 5.50. The van der Waals surface area contributed by atoms with Gasteiger partial charge in [-0.25, -0.2) is 0 Å². The molecule has 0 unspecified atom stereocenters. The van der Waals surface area contributed by atoms with Gasteiger partial charge in [0.2, 0.25) is 0 Å². The first-order chi connectivity index (χ1) is 14.6. The summed E-state index contributed by atoms with van der Waals surface area (Å²) in [5.74, 6) is 2.24. The first-order valence-electron chi connectivity index (χ1n) is 9.72. The molecule has 0 aliphatic rings. The highest BCUT2D eigenvalue weighted by Crippen LogP contribution is 2.38. The van der Waals surface area contributed by atoms with Crippen molar-refractivity contribution in [3.05, 3.63) is 108 Å². The molecular formula is C26H22O4. The van der Waals surface area contributed by atoms with Gasteiger partial charge in [0.15, 0.2) is 23.0 Å². The van der Waals surface area contributed by atoms with Gasteiger partial charge in [0.25, 0.3) is 0 Å². The molecule has 2 N–H and O–H groups in total. The Labute approximate surface area is 175 Å². The molecule has 4 aromatic carbocycles. The molecule has 4 aromatic rings. The Kier molecular flexibility index (Phi) is 5.57. The van der Waals surface area contributed by atoms with Crippen LogP contribution in [-0.4, -0.2) is 10.2 Å². The Bertz CT molecular complexity index is 1030. The van der Waals surface area contributed by atoms with Crippen molar-refractivity contribution in [2.45, 2.75) is 12.8 Å². The summed E-state index contributed by atoms with van der Waals surface area (Å²) >= 11 is 0. The first-order valence-corrected chi connectivity index (χ1v) is 9.72. The average molecular weight is 398 g/mol. The number of benzene rings is 4. The summed E-state index contributed by atoms with van der Waals surface area (Å²) in [6.07, 6.45) is 0. The summed E-state index contributed by atoms with van der Waals surface area (Å²) in [6.45, 7) is 2.05. The molecule has 30 heavy (non-hydrogen) atoms. The van der Waals surface area contributed by atoms with Crippen LogP contribution < -0.4 is 9.47 Å². The number of hydrogen-bond donors (Lipinski definition) is 2. The van der Waals surface area contributed by atoms with Gasteiger partial charge in [0, 0.05) is 5.92 Å². The maximum Gasteiger partial charge on any atom is 0.169 e. The lowest BCUT2D eigenvalue weighted by Gasteiger charge is -2.17. The molecular weight excluding hydrogens is 376 g/mol. The van der Waals surface area contributed by atoms with Crippen LogP contribution in [0.4, 0.5) is 0 Å². The van der Waals surface area contributed by atoms with E-state index in [4.69, 9.17) is 9.47 Å². The second-order valence-electron chi connectivity index (χ2n) is 7.01. The molecule has 4 rings (SSSR count). The molecule has 0 aliphatic heterocycles. The molecule has 4 heteroatoms. The average Bonchev–Trinajstić information content (AvgIpc) is 2.78. The van der Waals surface area contributed by atoms with E-state index < -0.39 is 0 Å². The number of ether oxygens (including phenoxy) is 2. The van der Waals surface area contributed by atoms with Crippen molar-refractivity contribution in [3.8, 4) is 34.5 Å². The second kappa shape index (κ2) is 8.62. The fraction of sp³-hybridized carbons (Fsp3) is 0.0769. The topological polar surface area (TPSA) is 58.9 Å². The van der Waals surface area contributed by atoms with Gasteiger partial charge in [-0.2, -0.15) is 0 Å². The van der Waals surface area contributed by atoms with Crippen molar-refractivity contribution >= 4 is 0 Å². The molecule has 0 atom stereocenters. The van der Waals surface area contributed by atoms with E-state index in [0.717, 1.165) is 11.1 Å². The maximum atomic E-state index is 10.2. The molecule has 0 saturated heterocycles. The van der Waals surface area contributed by atoms with Crippen LogP contribution in [0.1, 0.15) is 24.0 Å². The number of phenols is 2. The standard InChI is InChI=1S/C26H22O4/c1-18(19-12-14-23(27)25(16-19)29-21-8-4-2-5-9-21)20-13-15-24(28)26(17-20)30-22-10-6-3-7-11-22/h2-18,27-28H,1H3. The third-order valence-electron chi connectivity index (χ3n) is 4.91. The second-order valence-corrected chi connectivity index (χ2v) is 7.01. The van der Waals surface area contributed by atoms with Crippen LogP contribution in [0.15, 0.2) is 97.1 Å². The van der Waals surface area contributed by atoms with E-state index in [0.29, 0.717) is 23.0 Å². The van der Waals surface area contributed by atoms with Gasteiger partial charge in [-0.15, -0.1) is 0 Å². The van der Waals surface area contributed by atoms with Crippen LogP contribution >= 0.6 is 0 Å². The van der Waals surface area contributed by atoms with E-state index in [-0.39, 0.29) is 17.4 Å². The molecule has 0 saturated carbocycles. The Morgan fingerprint density at radius 3 is 1.37 bits per heavy atom. The molecule has 0 aliphatic carbocycles. The fourth-order valence-corrected chi connectivity index (χ4v) is 3.19. The van der Waals surface area contributed by atoms with E-state index in [1.165, 1.54) is 0 Å². The summed E-state index contributed by atoms with van der Waals surface area (Å²) in [5, 5.41) is 20.4. The lowest BCUT2D eigenvalue weighted by Crippen LogP contribution is -1.98. The zero-order valence-corrected chi connectivity index (χ0v) is 16.5. The van der Waals surface area contributed by atoms with Crippen molar-refractivity contribution in [1.82, 2.24) is 0 Å². The van der Waals surface area contributed by atoms with Crippen molar-refractivity contribution in [1.29, 1.82) is 0 Å². The zero-order valence-electron chi connectivity index (χ0n) is 16.5. The molecule has 150 valence electrons. The third-order valence-corrected chi connectivity index (χ3v) is 4.91. The minimum absolute atomic E-state index is 0.0116. The molecule has 0 radical (unpaired) electrons. The van der Waals surface area contributed by atoms with E-state index in [1.807, 2.05) is 84.9 Å². The predicted molar refractivity (Wildman–Crippen MR) is 117 cm³/mol. The summed E-state index contributed by atoms with van der Waals surface area (Å²) < 4.78 is 11.7. The van der Waals surface area contributed by atoms with Crippen molar-refractivity contribution in [2.24, 2.45) is 0 Å². The van der Waals surface area contributed by atoms with E-state index in [9.17, 15) is 10.2 Å². The van der Waals surface area contributed by atoms with Crippen LogP contribution in [-0.2, 0) is 0 Å². The molecule has 4 nitrogen and oxygen atoms in total. The Hall–Kier alpha value is -3.92. The van der Waals surface area contributed by atoms with Crippen LogP contribution in [0.5, 0.6) is 34.5 Å². The number of rotatable bonds is 6. The molecule has 0 aromatic heterocycles. The number of para-hydroxylation sites is 2. The SMILES string of the molecule is CC(c1ccc(O)c(Oc2ccccc2)c1)c1ccc(O)c(Oc2ccccc2)c1. The highest BCUT2D eigenvalue weighted by atomic mass is 16.5. The Morgan fingerprint density at radius 1 is 0.567 bits per heavy atom. The molecule has 0 heterocycles. The van der Waals surface area contributed by atoms with Gasteiger partial charge < -0.3 is 19.7 Å². The van der Waals surface area contributed by atoms with Crippen LogP contribution in [0.3, 0.4) is 0 Å². The zero-order chi connectivity index (χ0) is 20.9. The Morgan fingerprint density at radius 2 is 0.967 bits per heavy atom. The molecule has 0 fully saturated rings. The summed E-state index contributed by atoms with van der Waals surface area (Å²) in [4.78, 5) is 0. The Balaban J connectivity index is 1.60. The molecule has 0 amide bonds. The fourth-order valence-electron chi connectivity index (χ4n) is 3.19. The van der Waals surface area contributed by atoms with Gasteiger partial charge in [-0.05, 0) is 59.7 Å². The van der Waals surface area contributed by atoms with Crippen LogP contribution in [0.2, 0.25) is 0 Å².